The van der Waals surface area contributed by atoms with Gasteiger partial charge in [0.05, 0.1) is 22.7 Å². The van der Waals surface area contributed by atoms with Crippen LogP contribution >= 0.6 is 23.2 Å². The summed E-state index contributed by atoms with van der Waals surface area (Å²) in [6.07, 6.45) is 22.1. The average molecular weight is 688 g/mol. The molecule has 244 valence electrons. The number of aromatic carboxylic acids is 1. The number of hydrogen-bond acceptors (Lipinski definition) is 5. The molecule has 2 atom stereocenters. The second-order valence-corrected chi connectivity index (χ2v) is 13.8. The van der Waals surface area contributed by atoms with Gasteiger partial charge in [-0.3, -0.25) is 4.99 Å². The first-order valence-corrected chi connectivity index (χ1v) is 16.7. The van der Waals surface area contributed by atoms with Gasteiger partial charge >= 0.3 is 5.97 Å². The van der Waals surface area contributed by atoms with Gasteiger partial charge in [0.25, 0.3) is 0 Å². The average Bonchev–Trinajstić information content (AvgIpc) is 3.92. The fourth-order valence-electron chi connectivity index (χ4n) is 6.75. The van der Waals surface area contributed by atoms with E-state index in [0.717, 1.165) is 62.2 Å². The smallest absolute Gasteiger partial charge is 0.335 e. The number of halogens is 2. The summed E-state index contributed by atoms with van der Waals surface area (Å²) in [6, 6.07) is 14.8. The number of aromatic nitrogens is 2. The van der Waals surface area contributed by atoms with Crippen LogP contribution in [0.15, 0.2) is 142 Å². The number of aromatic amines is 2. The molecule has 8 rings (SSSR count). The van der Waals surface area contributed by atoms with Gasteiger partial charge < -0.3 is 24.9 Å². The third-order valence-electron chi connectivity index (χ3n) is 9.31. The summed E-state index contributed by atoms with van der Waals surface area (Å²) in [7, 11) is 4.03. The molecule has 2 aromatic heterocycles. The Morgan fingerprint density at radius 1 is 0.898 bits per heavy atom. The number of nitrogens with zero attached hydrogens (tertiary/aromatic N) is 4. The highest BCUT2D eigenvalue weighted by atomic mass is 35.5. The van der Waals surface area contributed by atoms with E-state index in [9.17, 15) is 9.90 Å². The van der Waals surface area contributed by atoms with Crippen LogP contribution < -0.4 is 10.7 Å². The Morgan fingerprint density at radius 3 is 2.47 bits per heavy atom. The summed E-state index contributed by atoms with van der Waals surface area (Å²) in [6.45, 7) is 1.39. The molecule has 5 aliphatic heterocycles. The number of rotatable bonds is 4. The van der Waals surface area contributed by atoms with E-state index in [4.69, 9.17) is 33.2 Å². The monoisotopic (exact) mass is 686 g/mol. The second kappa shape index (κ2) is 11.7. The lowest BCUT2D eigenvalue weighted by Crippen LogP contribution is -2.42. The number of alkyl halides is 2. The van der Waals surface area contributed by atoms with Crippen LogP contribution in [0.1, 0.15) is 27.3 Å². The molecule has 5 aliphatic rings. The Hall–Kier alpha value is -5.31. The number of nitrogens with one attached hydrogen (secondary N) is 2. The Kier molecular flexibility index (Phi) is 7.39. The summed E-state index contributed by atoms with van der Waals surface area (Å²) in [5, 5.41) is 11.5. The van der Waals surface area contributed by atoms with E-state index in [1.54, 1.807) is 18.2 Å². The van der Waals surface area contributed by atoms with E-state index in [0.29, 0.717) is 18.0 Å². The summed E-state index contributed by atoms with van der Waals surface area (Å²) >= 11 is 15.6. The highest BCUT2D eigenvalue weighted by Gasteiger charge is 2.54. The molecule has 2 unspecified atom stereocenters. The van der Waals surface area contributed by atoms with Crippen molar-refractivity contribution in [1.29, 1.82) is 0 Å². The Labute approximate surface area is 293 Å². The molecular formula is C39H32Cl2N6O2. The number of likely N-dealkylation sites (N-methyl/N-ethyl adjacent to an activating group) is 2. The molecule has 0 amide bonds. The van der Waals surface area contributed by atoms with Gasteiger partial charge in [-0.15, -0.1) is 11.6 Å². The zero-order chi connectivity index (χ0) is 33.9. The molecule has 8 nitrogen and oxygen atoms in total. The summed E-state index contributed by atoms with van der Waals surface area (Å²) in [5.74, 6) is -1.00. The molecule has 0 saturated heterocycles. The van der Waals surface area contributed by atoms with Gasteiger partial charge in [-0.25, -0.2) is 9.79 Å². The Balaban J connectivity index is 1.43. The maximum atomic E-state index is 12.0. The van der Waals surface area contributed by atoms with Crippen molar-refractivity contribution in [1.82, 2.24) is 19.8 Å². The van der Waals surface area contributed by atoms with Crippen molar-refractivity contribution >= 4 is 52.2 Å². The highest BCUT2D eigenvalue weighted by molar-refractivity contribution is 6.39. The number of hydrogen-bond donors (Lipinski definition) is 3. The van der Waals surface area contributed by atoms with Crippen LogP contribution in [0.4, 0.5) is 0 Å². The molecule has 1 aromatic carbocycles. The molecule has 3 N–H and O–H groups in total. The van der Waals surface area contributed by atoms with Gasteiger partial charge in [0.1, 0.15) is 0 Å². The number of carboxylic acids is 1. The van der Waals surface area contributed by atoms with Gasteiger partial charge in [-0.2, -0.15) is 0 Å². The van der Waals surface area contributed by atoms with Crippen molar-refractivity contribution in [3.63, 3.8) is 0 Å². The molecule has 8 bridgehead atoms. The summed E-state index contributed by atoms with van der Waals surface area (Å²) in [4.78, 5) is 30.8. The minimum atomic E-state index is -1.43. The number of allylic oxidation sites excluding steroid dienone is 7. The van der Waals surface area contributed by atoms with Crippen molar-refractivity contribution in [2.75, 3.05) is 27.2 Å². The third kappa shape index (κ3) is 5.28. The third-order valence-corrected chi connectivity index (χ3v) is 10.6. The van der Waals surface area contributed by atoms with Crippen molar-refractivity contribution in [3.05, 3.63) is 165 Å². The molecule has 7 heterocycles. The minimum Gasteiger partial charge on any atom is -0.478 e. The SMILES string of the molecule is CN1C=CC(C2=C3C=CC(=N3)C=c3ccc([nH]3)=C(c3cccc(C(=O)O)c3)c3ccc([nH]3)C(Cl)(C3=CCN(C)C=C3)C3(Cl)C=CC2=N3)=CC1. The molecule has 0 radical (unpaired) electrons. The van der Waals surface area contributed by atoms with Crippen molar-refractivity contribution < 1.29 is 9.90 Å². The molecule has 10 heteroatoms. The maximum absolute atomic E-state index is 12.0. The molecule has 0 fully saturated rings. The summed E-state index contributed by atoms with van der Waals surface area (Å²) in [5.41, 5.74) is 7.94. The van der Waals surface area contributed by atoms with Gasteiger partial charge in [0.15, 0.2) is 9.87 Å². The summed E-state index contributed by atoms with van der Waals surface area (Å²) < 4.78 is 0. The quantitative estimate of drug-likeness (QED) is 0.249. The lowest BCUT2D eigenvalue weighted by molar-refractivity contribution is 0.0697. The number of fused-ring (bicyclic) bond motifs is 6. The number of H-pyrrole nitrogens is 2. The number of benzene rings is 1. The predicted octanol–water partition coefficient (Wildman–Crippen LogP) is 5.50. The van der Waals surface area contributed by atoms with E-state index < -0.39 is 15.8 Å². The molecule has 0 spiro atoms. The van der Waals surface area contributed by atoms with Crippen LogP contribution in [0.2, 0.25) is 0 Å². The standard InChI is InChI=1S/C39H32Cl2N6O2/c1-46-18-13-24(14-19-46)35-30-8-6-28(42-30)23-29-7-9-31(43-29)36(25-4-3-5-26(22-25)37(48)49)32-10-11-34(44-32)39(41,27-15-20-47(2)21-16-27)38(40)17-12-33(35)45-38/h3-18,20,22-23,43-44H,19,21H2,1-2H3,(H,48,49). The fraction of sp³-hybridized carbons (Fsp3) is 0.154. The van der Waals surface area contributed by atoms with Gasteiger partial charge in [0, 0.05) is 60.4 Å². The van der Waals surface area contributed by atoms with Crippen LogP contribution in [0, 0.1) is 0 Å². The van der Waals surface area contributed by atoms with Gasteiger partial charge in [-0.05, 0) is 108 Å². The first-order valence-electron chi connectivity index (χ1n) is 15.9. The van der Waals surface area contributed by atoms with Crippen molar-refractivity contribution in [2.24, 2.45) is 9.98 Å². The van der Waals surface area contributed by atoms with E-state index in [1.807, 2.05) is 93.3 Å². The van der Waals surface area contributed by atoms with Crippen LogP contribution in [-0.2, 0) is 4.87 Å². The maximum Gasteiger partial charge on any atom is 0.335 e. The van der Waals surface area contributed by atoms with Crippen molar-refractivity contribution in [2.45, 2.75) is 9.87 Å². The van der Waals surface area contributed by atoms with Crippen LogP contribution in [-0.4, -0.2) is 74.4 Å². The zero-order valence-corrected chi connectivity index (χ0v) is 28.3. The van der Waals surface area contributed by atoms with Crippen LogP contribution in [0.25, 0.3) is 11.6 Å². The van der Waals surface area contributed by atoms with E-state index in [-0.39, 0.29) is 5.56 Å². The van der Waals surface area contributed by atoms with Crippen LogP contribution in [0.3, 0.4) is 0 Å². The van der Waals surface area contributed by atoms with Crippen LogP contribution in [0.5, 0.6) is 0 Å². The zero-order valence-electron chi connectivity index (χ0n) is 26.8. The Morgan fingerprint density at radius 2 is 1.71 bits per heavy atom. The van der Waals surface area contributed by atoms with Crippen molar-refractivity contribution in [3.8, 4) is 0 Å². The van der Waals surface area contributed by atoms with E-state index >= 15 is 0 Å². The molecule has 0 saturated carbocycles. The minimum absolute atomic E-state index is 0.184. The second-order valence-electron chi connectivity index (χ2n) is 12.6. The largest absolute Gasteiger partial charge is 0.478 e. The molecular weight excluding hydrogens is 655 g/mol. The molecule has 49 heavy (non-hydrogen) atoms. The lowest BCUT2D eigenvalue weighted by Gasteiger charge is -2.39. The van der Waals surface area contributed by atoms with Gasteiger partial charge in [0.2, 0.25) is 0 Å². The predicted molar refractivity (Wildman–Crippen MR) is 196 cm³/mol. The molecule has 3 aromatic rings. The number of carboxylic acid groups (broad SMARTS) is 1. The van der Waals surface area contributed by atoms with E-state index in [2.05, 4.69) is 38.0 Å². The normalized spacial score (nSPS) is 24.2. The molecule has 0 aliphatic carbocycles. The number of aliphatic imine (C=N–C) groups is 2. The first kappa shape index (κ1) is 31.0. The van der Waals surface area contributed by atoms with Gasteiger partial charge in [-0.1, -0.05) is 35.9 Å². The topological polar surface area (TPSA) is 100 Å². The fourth-order valence-corrected chi connectivity index (χ4v) is 7.47. The highest BCUT2D eigenvalue weighted by Crippen LogP contribution is 2.54. The Bertz CT molecular complexity index is 2350. The first-order chi connectivity index (χ1) is 23.6. The lowest BCUT2D eigenvalue weighted by atomic mass is 9.85. The number of carbonyl (C=O) groups is 1. The van der Waals surface area contributed by atoms with E-state index in [1.165, 1.54) is 0 Å².